The van der Waals surface area contributed by atoms with Gasteiger partial charge >= 0.3 is 11.9 Å². The van der Waals surface area contributed by atoms with Crippen molar-refractivity contribution >= 4 is 123 Å². The van der Waals surface area contributed by atoms with Gasteiger partial charge in [0.15, 0.2) is 23.1 Å². The Morgan fingerprint density at radius 1 is 0.337 bits per heavy atom. The Morgan fingerprint density at radius 3 is 1.28 bits per heavy atom. The molecule has 12 rings (SSSR count). The quantitative estimate of drug-likeness (QED) is 0.0641. The average Bonchev–Trinajstić information content (AvgIpc) is 0.954. The zero-order valence-electron chi connectivity index (χ0n) is 42.5. The highest BCUT2D eigenvalue weighted by molar-refractivity contribution is 7.95. The smallest absolute Gasteiger partial charge is 0.346 e. The maximum Gasteiger partial charge on any atom is 0.346 e. The van der Waals surface area contributed by atoms with Crippen molar-refractivity contribution in [3.05, 3.63) is 214 Å². The standard InChI is InChI=1S/C14H8O5S.C12H6O6S.C10H8O5S.C10H6O5S.C10H8O4S/c15-13-9-3-1-2-4-10(9)14(16)12-7-8(20(17,18)19)5-6-11(12)13;13-11-7-3-1-2-6-9(19(15,16)17)5-4-8(10(6)7)12(14)18-11;11-9-4-6-1-2-8(16(13,14)15)3-7(6)5-10(9)12;11-8-5-9(16(13,14)15)6-3-1-2-4-7(6)10(8)12;11-9-3-1-8-6-10(15(12,13)14)4-2-7(8)5-9/h1-7H,(H,17,18,19);1-5H,(H,15,16,17);1-5,11-12H,(H,13,14,15);1-5H,(H,13,14,15);1-6,11H,(H,12,13,14)/p-5. The Kier molecular flexibility index (Phi) is 16.9. The normalized spacial score (nSPS) is 13.6. The highest BCUT2D eigenvalue weighted by atomic mass is 32.2. The number of fused-ring (bicyclic) bond motifs is 5. The van der Waals surface area contributed by atoms with Gasteiger partial charge in [0.05, 0.1) is 35.6 Å². The maximum atomic E-state index is 12.3. The van der Waals surface area contributed by atoms with Gasteiger partial charge in [-0.3, -0.25) is 19.2 Å². The molecule has 0 radical (unpaired) electrons. The molecule has 25 nitrogen and oxygen atoms in total. The molecule has 440 valence electrons. The molecule has 30 heteroatoms. The van der Waals surface area contributed by atoms with E-state index in [1.807, 2.05) is 0 Å². The molecule has 0 saturated carbocycles. The van der Waals surface area contributed by atoms with Crippen molar-refractivity contribution in [1.29, 1.82) is 0 Å². The number of hydrogen-bond acceptors (Lipinski definition) is 25. The summed E-state index contributed by atoms with van der Waals surface area (Å²) in [5, 5.41) is 30.0. The fourth-order valence-corrected chi connectivity index (χ4v) is 11.5. The molecule has 86 heavy (non-hydrogen) atoms. The molecular formula is C56H31O25S5-5. The van der Waals surface area contributed by atoms with Crippen molar-refractivity contribution < 1.29 is 114 Å². The largest absolute Gasteiger partial charge is 0.744 e. The Morgan fingerprint density at radius 2 is 0.744 bits per heavy atom. The van der Waals surface area contributed by atoms with Gasteiger partial charge in [-0.2, -0.15) is 0 Å². The molecule has 3 N–H and O–H groups in total. The minimum absolute atomic E-state index is 0.0119. The van der Waals surface area contributed by atoms with Gasteiger partial charge < -0.3 is 42.8 Å². The monoisotopic (exact) mass is 1260 g/mol. The first-order chi connectivity index (χ1) is 40.0. The lowest BCUT2D eigenvalue weighted by Crippen LogP contribution is -2.21. The van der Waals surface area contributed by atoms with E-state index in [-0.39, 0.29) is 88.1 Å². The van der Waals surface area contributed by atoms with Crippen LogP contribution in [0.25, 0.3) is 37.2 Å². The third-order valence-electron chi connectivity index (χ3n) is 12.6. The van der Waals surface area contributed by atoms with Gasteiger partial charge in [-0.15, -0.1) is 0 Å². The Bertz CT molecular complexity index is 5070. The zero-order chi connectivity index (χ0) is 63.2. The second-order valence-electron chi connectivity index (χ2n) is 18.0. The second kappa shape index (κ2) is 23.4. The summed E-state index contributed by atoms with van der Waals surface area (Å²) in [7, 11) is -23.0. The minimum Gasteiger partial charge on any atom is -0.744 e. The lowest BCUT2D eigenvalue weighted by atomic mass is 9.84. The zero-order valence-corrected chi connectivity index (χ0v) is 46.6. The van der Waals surface area contributed by atoms with Crippen molar-refractivity contribution in [2.24, 2.45) is 0 Å². The number of hydrogen-bond donors (Lipinski definition) is 3. The van der Waals surface area contributed by atoms with E-state index in [1.165, 1.54) is 115 Å². The average molecular weight is 1260 g/mol. The van der Waals surface area contributed by atoms with Crippen molar-refractivity contribution in [3.63, 3.8) is 0 Å². The van der Waals surface area contributed by atoms with E-state index >= 15 is 0 Å². The Labute approximate surface area is 485 Å². The summed E-state index contributed by atoms with van der Waals surface area (Å²) in [5.41, 5.74) is 0.627. The van der Waals surface area contributed by atoms with Crippen LogP contribution in [0.3, 0.4) is 0 Å². The van der Waals surface area contributed by atoms with E-state index in [9.17, 15) is 109 Å². The fourth-order valence-electron chi connectivity index (χ4n) is 8.64. The van der Waals surface area contributed by atoms with Gasteiger partial charge in [0, 0.05) is 50.2 Å². The molecule has 0 unspecified atom stereocenters. The van der Waals surface area contributed by atoms with Crippen molar-refractivity contribution in [2.45, 2.75) is 19.6 Å². The van der Waals surface area contributed by atoms with E-state index in [2.05, 4.69) is 4.74 Å². The van der Waals surface area contributed by atoms with E-state index in [0.29, 0.717) is 27.6 Å². The first kappa shape index (κ1) is 62.3. The number of aromatic hydroxyl groups is 3. The first-order valence-corrected chi connectivity index (χ1v) is 30.6. The van der Waals surface area contributed by atoms with E-state index in [1.54, 1.807) is 18.2 Å². The fraction of sp³-hybridized carbons (Fsp3) is 0. The molecule has 0 saturated heterocycles. The van der Waals surface area contributed by atoms with Gasteiger partial charge in [-0.05, 0) is 106 Å². The molecule has 0 atom stereocenters. The number of benzene rings is 9. The number of phenolic OH excluding ortho intramolecular Hbond substituents is 3. The lowest BCUT2D eigenvalue weighted by Gasteiger charge is -2.18. The van der Waals surface area contributed by atoms with Crippen LogP contribution in [0.15, 0.2) is 189 Å². The highest BCUT2D eigenvalue weighted by Crippen LogP contribution is 2.35. The van der Waals surface area contributed by atoms with Gasteiger partial charge in [0.2, 0.25) is 11.6 Å². The SMILES string of the molecule is O=C1C=C(S(=O)(=O)[O-])c2ccccc2C1=O.O=C1OC(=O)c2ccc(S(=O)(=O)[O-])c3cccc1c23.O=C1c2ccccc2C(=O)c2cc(S(=O)(=O)[O-])ccc21.O=S(=O)([O-])c1ccc2cc(O)c(O)cc2c1.O=S(=O)([O-])c1ccc2cc(O)ccc2c1. The predicted molar refractivity (Wildman–Crippen MR) is 292 cm³/mol. The number of cyclic esters (lactones) is 2. The van der Waals surface area contributed by atoms with Crippen LogP contribution in [0.4, 0.5) is 0 Å². The maximum absolute atomic E-state index is 12.3. The first-order valence-electron chi connectivity index (χ1n) is 23.6. The number of carbonyl (C=O) groups excluding carboxylic acids is 6. The number of phenols is 3. The molecule has 2 aliphatic carbocycles. The molecule has 0 aromatic heterocycles. The minimum atomic E-state index is -4.76. The van der Waals surface area contributed by atoms with Crippen LogP contribution in [0.5, 0.6) is 17.2 Å². The summed E-state index contributed by atoms with van der Waals surface area (Å²) in [6.07, 6.45) is 0.576. The summed E-state index contributed by atoms with van der Waals surface area (Å²) < 4.78 is 168. The van der Waals surface area contributed by atoms with E-state index < -0.39 is 94.6 Å². The molecule has 1 heterocycles. The van der Waals surface area contributed by atoms with Crippen LogP contribution in [0, 0.1) is 0 Å². The molecule has 0 fully saturated rings. The summed E-state index contributed by atoms with van der Waals surface area (Å²) in [6.45, 7) is 0. The van der Waals surface area contributed by atoms with Crippen LogP contribution in [-0.4, -0.2) is 115 Å². The third-order valence-corrected chi connectivity index (χ3v) is 16.8. The summed E-state index contributed by atoms with van der Waals surface area (Å²) >= 11 is 0. The van der Waals surface area contributed by atoms with Gasteiger partial charge in [-0.25, -0.2) is 51.7 Å². The van der Waals surface area contributed by atoms with Crippen molar-refractivity contribution in [2.75, 3.05) is 0 Å². The molecule has 9 aromatic carbocycles. The van der Waals surface area contributed by atoms with Crippen molar-refractivity contribution in [3.8, 4) is 17.2 Å². The number of Topliss-reactive ketones (excluding diaryl/α,β-unsaturated/α-hetero) is 1. The second-order valence-corrected chi connectivity index (χ2v) is 24.8. The molecule has 0 bridgehead atoms. The molecule has 1 aliphatic heterocycles. The number of carbonyl (C=O) groups is 6. The number of allylic oxidation sites excluding steroid dienone is 1. The van der Waals surface area contributed by atoms with Gasteiger partial charge in [-0.1, -0.05) is 78.9 Å². The number of esters is 2. The van der Waals surface area contributed by atoms with Crippen LogP contribution in [-0.2, 0) is 60.1 Å². The van der Waals surface area contributed by atoms with E-state index in [4.69, 9.17) is 0 Å². The topological polar surface area (TPSA) is 458 Å². The molecule has 0 spiro atoms. The van der Waals surface area contributed by atoms with E-state index in [0.717, 1.165) is 30.3 Å². The predicted octanol–water partition coefficient (Wildman–Crippen LogP) is 5.36. The van der Waals surface area contributed by atoms with Gasteiger partial charge in [0.1, 0.15) is 56.3 Å². The highest BCUT2D eigenvalue weighted by Gasteiger charge is 2.31. The van der Waals surface area contributed by atoms with Crippen molar-refractivity contribution in [1.82, 2.24) is 0 Å². The lowest BCUT2D eigenvalue weighted by molar-refractivity contribution is -0.111. The summed E-state index contributed by atoms with van der Waals surface area (Å²) in [5.74, 6) is -4.90. The summed E-state index contributed by atoms with van der Waals surface area (Å²) in [6, 6.07) is 36.2. The van der Waals surface area contributed by atoms with Crippen LogP contribution >= 0.6 is 0 Å². The molecule has 0 amide bonds. The molecule has 3 aliphatic rings. The summed E-state index contributed by atoms with van der Waals surface area (Å²) in [4.78, 5) is 68.0. The molecule has 9 aromatic rings. The Balaban J connectivity index is 0.000000140. The number of ether oxygens (including phenoxy) is 1. The number of rotatable bonds is 5. The number of ketones is 4. The van der Waals surface area contributed by atoms with Crippen LogP contribution < -0.4 is 0 Å². The van der Waals surface area contributed by atoms with Crippen LogP contribution in [0.2, 0.25) is 0 Å². The third kappa shape index (κ3) is 13.3. The Hall–Kier alpha value is -9.73. The molecular weight excluding hydrogens is 1230 g/mol. The van der Waals surface area contributed by atoms with Gasteiger partial charge in [0.25, 0.3) is 0 Å². The van der Waals surface area contributed by atoms with Crippen LogP contribution in [0.1, 0.15) is 68.5 Å².